The van der Waals surface area contributed by atoms with Crippen LogP contribution in [0.3, 0.4) is 0 Å². The number of anilines is 1. The van der Waals surface area contributed by atoms with E-state index in [1.165, 1.54) is 6.42 Å². The summed E-state index contributed by atoms with van der Waals surface area (Å²) in [4.78, 5) is 14.4. The number of piperidine rings is 1. The Hall–Kier alpha value is -2.23. The molecule has 4 nitrogen and oxygen atoms in total. The molecular weight excluding hydrogens is 290 g/mol. The normalized spacial score (nSPS) is 14.1. The van der Waals surface area contributed by atoms with Gasteiger partial charge in [0.25, 0.3) is 0 Å². The van der Waals surface area contributed by atoms with Crippen molar-refractivity contribution < 1.29 is 9.15 Å². The van der Waals surface area contributed by atoms with E-state index < -0.39 is 0 Å². The summed E-state index contributed by atoms with van der Waals surface area (Å²) in [6, 6.07) is 6.97. The summed E-state index contributed by atoms with van der Waals surface area (Å²) < 4.78 is 11.6. The van der Waals surface area contributed by atoms with Gasteiger partial charge in [0.1, 0.15) is 6.61 Å². The number of rotatable bonds is 4. The Bertz CT molecular complexity index is 699. The van der Waals surface area contributed by atoms with Gasteiger partial charge in [-0.1, -0.05) is 32.6 Å². The number of benzene rings is 1. The van der Waals surface area contributed by atoms with Gasteiger partial charge < -0.3 is 14.1 Å². The quantitative estimate of drug-likeness (QED) is 0.786. The van der Waals surface area contributed by atoms with E-state index in [1.54, 1.807) is 24.3 Å². The first kappa shape index (κ1) is 17.1. The molecular formula is C19H25NO3. The Morgan fingerprint density at radius 2 is 2.00 bits per heavy atom. The molecule has 1 aliphatic rings. The van der Waals surface area contributed by atoms with Crippen molar-refractivity contribution in [3.05, 3.63) is 47.1 Å². The molecule has 0 spiro atoms. The summed E-state index contributed by atoms with van der Waals surface area (Å²) in [5.74, 6) is 1.23. The maximum Gasteiger partial charge on any atom is 0.200 e. The second-order valence-electron chi connectivity index (χ2n) is 5.23. The van der Waals surface area contributed by atoms with Crippen LogP contribution in [0.15, 0.2) is 46.1 Å². The lowest BCUT2D eigenvalue weighted by Crippen LogP contribution is -2.30. The molecule has 23 heavy (non-hydrogen) atoms. The predicted molar refractivity (Wildman–Crippen MR) is 95.6 cm³/mol. The first-order valence-corrected chi connectivity index (χ1v) is 8.35. The van der Waals surface area contributed by atoms with Crippen molar-refractivity contribution in [3.63, 3.8) is 0 Å². The van der Waals surface area contributed by atoms with E-state index >= 15 is 0 Å². The Morgan fingerprint density at radius 3 is 2.70 bits per heavy atom. The van der Waals surface area contributed by atoms with Crippen LogP contribution in [-0.2, 0) is 0 Å². The number of ether oxygens (including phenoxy) is 1. The van der Waals surface area contributed by atoms with Crippen LogP contribution < -0.4 is 15.1 Å². The van der Waals surface area contributed by atoms with Crippen molar-refractivity contribution >= 4 is 16.9 Å². The highest BCUT2D eigenvalue weighted by Gasteiger charge is 2.16. The molecule has 2 heterocycles. The minimum Gasteiger partial charge on any atom is -0.486 e. The Morgan fingerprint density at radius 1 is 1.26 bits per heavy atom. The molecule has 1 fully saturated rings. The summed E-state index contributed by atoms with van der Waals surface area (Å²) >= 11 is 0. The number of hydrogen-bond acceptors (Lipinski definition) is 4. The monoisotopic (exact) mass is 315 g/mol. The molecule has 1 aromatic carbocycles. The summed E-state index contributed by atoms with van der Waals surface area (Å²) in [5, 5.41) is 0.553. The zero-order valence-corrected chi connectivity index (χ0v) is 14.0. The molecule has 2 aromatic rings. The molecule has 0 radical (unpaired) electrons. The van der Waals surface area contributed by atoms with Crippen LogP contribution in [-0.4, -0.2) is 19.7 Å². The highest BCUT2D eigenvalue weighted by molar-refractivity contribution is 5.83. The fourth-order valence-electron chi connectivity index (χ4n) is 2.67. The average molecular weight is 315 g/mol. The van der Waals surface area contributed by atoms with Crippen molar-refractivity contribution in [1.82, 2.24) is 0 Å². The zero-order chi connectivity index (χ0) is 16.7. The highest BCUT2D eigenvalue weighted by Crippen LogP contribution is 2.28. The largest absolute Gasteiger partial charge is 0.486 e. The van der Waals surface area contributed by atoms with Crippen LogP contribution in [0.2, 0.25) is 0 Å². The van der Waals surface area contributed by atoms with Gasteiger partial charge in [-0.15, -0.1) is 0 Å². The third kappa shape index (κ3) is 3.95. The topological polar surface area (TPSA) is 42.7 Å². The van der Waals surface area contributed by atoms with Gasteiger partial charge in [0, 0.05) is 19.2 Å². The second-order valence-corrected chi connectivity index (χ2v) is 5.23. The van der Waals surface area contributed by atoms with E-state index in [-0.39, 0.29) is 5.43 Å². The molecule has 1 aromatic heterocycles. The molecule has 4 heteroatoms. The minimum absolute atomic E-state index is 0.0270. The lowest BCUT2D eigenvalue weighted by Gasteiger charge is -2.27. The predicted octanol–water partition coefficient (Wildman–Crippen LogP) is 4.37. The Labute approximate surface area is 137 Å². The van der Waals surface area contributed by atoms with E-state index in [4.69, 9.17) is 9.15 Å². The molecule has 0 unspecified atom stereocenters. The number of nitrogens with zero attached hydrogens (tertiary/aromatic N) is 1. The maximum absolute atomic E-state index is 12.3. The first-order chi connectivity index (χ1) is 11.3. The maximum atomic E-state index is 12.3. The van der Waals surface area contributed by atoms with Crippen LogP contribution in [0.4, 0.5) is 5.88 Å². The average Bonchev–Trinajstić information content (AvgIpc) is 2.62. The molecule has 1 aliphatic heterocycles. The molecule has 0 atom stereocenters. The first-order valence-electron chi connectivity index (χ1n) is 8.35. The SMILES string of the molecule is C=CCOc1cccc2c(=O)cc(N3CCCCC3)oc12.CC. The summed E-state index contributed by atoms with van der Waals surface area (Å²) in [6.07, 6.45) is 5.18. The standard InChI is InChI=1S/C17H19NO3.C2H6/c1-2-11-20-15-8-6-7-13-14(19)12-16(21-17(13)15)18-9-4-3-5-10-18;1-2/h2,6-8,12H,1,3-5,9-11H2;1-2H3. The zero-order valence-electron chi connectivity index (χ0n) is 14.0. The third-order valence-electron chi connectivity index (χ3n) is 3.73. The fraction of sp³-hybridized carbons (Fsp3) is 0.421. The van der Waals surface area contributed by atoms with Crippen LogP contribution in [0, 0.1) is 0 Å². The summed E-state index contributed by atoms with van der Waals surface area (Å²) in [7, 11) is 0. The molecule has 0 N–H and O–H groups in total. The molecule has 0 amide bonds. The van der Waals surface area contributed by atoms with E-state index in [2.05, 4.69) is 11.5 Å². The summed E-state index contributed by atoms with van der Waals surface area (Å²) in [6.45, 7) is 9.89. The van der Waals surface area contributed by atoms with E-state index in [9.17, 15) is 4.79 Å². The molecule has 3 rings (SSSR count). The van der Waals surface area contributed by atoms with E-state index in [0.717, 1.165) is 25.9 Å². The molecule has 124 valence electrons. The third-order valence-corrected chi connectivity index (χ3v) is 3.73. The van der Waals surface area contributed by atoms with Crippen LogP contribution in [0.25, 0.3) is 11.0 Å². The molecule has 1 saturated heterocycles. The van der Waals surface area contributed by atoms with Crippen LogP contribution in [0.5, 0.6) is 5.75 Å². The van der Waals surface area contributed by atoms with Crippen molar-refractivity contribution in [2.75, 3.05) is 24.6 Å². The smallest absolute Gasteiger partial charge is 0.200 e. The van der Waals surface area contributed by atoms with Crippen molar-refractivity contribution in [2.45, 2.75) is 33.1 Å². The van der Waals surface area contributed by atoms with Gasteiger partial charge >= 0.3 is 0 Å². The molecule has 0 saturated carbocycles. The number of fused-ring (bicyclic) bond motifs is 1. The highest BCUT2D eigenvalue weighted by atomic mass is 16.5. The van der Waals surface area contributed by atoms with Crippen molar-refractivity contribution in [3.8, 4) is 5.75 Å². The van der Waals surface area contributed by atoms with Gasteiger partial charge in [-0.2, -0.15) is 0 Å². The van der Waals surface area contributed by atoms with Crippen LogP contribution in [0.1, 0.15) is 33.1 Å². The summed E-state index contributed by atoms with van der Waals surface area (Å²) in [5.41, 5.74) is 0.494. The van der Waals surface area contributed by atoms with Crippen molar-refractivity contribution in [1.29, 1.82) is 0 Å². The van der Waals surface area contributed by atoms with Gasteiger partial charge in [-0.3, -0.25) is 4.79 Å². The van der Waals surface area contributed by atoms with E-state index in [1.807, 2.05) is 19.9 Å². The van der Waals surface area contributed by atoms with E-state index in [0.29, 0.717) is 29.2 Å². The number of para-hydroxylation sites is 1. The Balaban J connectivity index is 0.000000924. The fourth-order valence-corrected chi connectivity index (χ4v) is 2.67. The lowest BCUT2D eigenvalue weighted by molar-refractivity contribution is 0.360. The molecule has 0 aliphatic carbocycles. The second kappa shape index (κ2) is 8.42. The lowest BCUT2D eigenvalue weighted by atomic mass is 10.1. The van der Waals surface area contributed by atoms with Crippen molar-refractivity contribution in [2.24, 2.45) is 0 Å². The number of hydrogen-bond donors (Lipinski definition) is 0. The Kier molecular flexibility index (Phi) is 6.27. The van der Waals surface area contributed by atoms with Gasteiger partial charge in [0.05, 0.1) is 5.39 Å². The molecule has 0 bridgehead atoms. The van der Waals surface area contributed by atoms with Gasteiger partial charge in [-0.05, 0) is 31.4 Å². The minimum atomic E-state index is -0.0270. The van der Waals surface area contributed by atoms with Gasteiger partial charge in [-0.25, -0.2) is 0 Å². The van der Waals surface area contributed by atoms with Gasteiger partial charge in [0.2, 0.25) is 0 Å². The van der Waals surface area contributed by atoms with Gasteiger partial charge in [0.15, 0.2) is 22.6 Å². The van der Waals surface area contributed by atoms with Crippen LogP contribution >= 0.6 is 0 Å².